The monoisotopic (exact) mass is 303 g/mol. The highest BCUT2D eigenvalue weighted by Gasteiger charge is 2.35. The van der Waals surface area contributed by atoms with Gasteiger partial charge in [0.1, 0.15) is 5.82 Å². The number of aryl methyl sites for hydroxylation is 1. The summed E-state index contributed by atoms with van der Waals surface area (Å²) in [4.78, 5) is 0. The first kappa shape index (κ1) is 14.4. The molecule has 1 atom stereocenters. The summed E-state index contributed by atoms with van der Waals surface area (Å²) < 4.78 is 14.1. The normalized spacial score (nSPS) is 19.9. The molecule has 0 spiro atoms. The van der Waals surface area contributed by atoms with Crippen molar-refractivity contribution in [1.29, 1.82) is 0 Å². The zero-order chi connectivity index (χ0) is 15.0. The van der Waals surface area contributed by atoms with Crippen LogP contribution in [0.2, 0.25) is 5.02 Å². The van der Waals surface area contributed by atoms with E-state index in [0.29, 0.717) is 10.7 Å². The van der Waals surface area contributed by atoms with Crippen LogP contribution in [0, 0.1) is 11.2 Å². The molecule has 0 amide bonds. The van der Waals surface area contributed by atoms with Crippen LogP contribution in [-0.2, 0) is 6.42 Å². The van der Waals surface area contributed by atoms with Crippen molar-refractivity contribution in [2.45, 2.75) is 32.7 Å². The van der Waals surface area contributed by atoms with Gasteiger partial charge in [-0.15, -0.1) is 0 Å². The van der Waals surface area contributed by atoms with Crippen LogP contribution < -0.4 is 5.32 Å². The molecule has 0 saturated heterocycles. The van der Waals surface area contributed by atoms with Gasteiger partial charge in [0, 0.05) is 5.02 Å². The van der Waals surface area contributed by atoms with E-state index in [9.17, 15) is 4.39 Å². The molecule has 0 fully saturated rings. The summed E-state index contributed by atoms with van der Waals surface area (Å²) in [5.74, 6) is -0.304. The molecule has 2 aromatic rings. The van der Waals surface area contributed by atoms with Gasteiger partial charge in [-0.05, 0) is 47.6 Å². The number of benzene rings is 2. The van der Waals surface area contributed by atoms with Crippen molar-refractivity contribution in [3.63, 3.8) is 0 Å². The second kappa shape index (κ2) is 5.34. The van der Waals surface area contributed by atoms with Gasteiger partial charge in [0.25, 0.3) is 0 Å². The van der Waals surface area contributed by atoms with Crippen LogP contribution in [0.15, 0.2) is 42.5 Å². The van der Waals surface area contributed by atoms with Gasteiger partial charge in [-0.2, -0.15) is 0 Å². The third-order valence-corrected chi connectivity index (χ3v) is 4.65. The number of hydrogen-bond donors (Lipinski definition) is 1. The smallest absolute Gasteiger partial charge is 0.147 e. The Hall–Kier alpha value is -1.54. The molecule has 0 saturated carbocycles. The lowest BCUT2D eigenvalue weighted by Gasteiger charge is -2.41. The van der Waals surface area contributed by atoms with E-state index < -0.39 is 0 Å². The standard InChI is InChI=1S/C18H19ClFN/c1-18(2)10-9-12-5-3-4-6-14(12)17(18)21-16-8-7-13(19)11-15(16)20/h3-8,11,17,21H,9-10H2,1-2H3. The Balaban J connectivity index is 1.99. The van der Waals surface area contributed by atoms with Crippen LogP contribution >= 0.6 is 11.6 Å². The van der Waals surface area contributed by atoms with Gasteiger partial charge in [-0.3, -0.25) is 0 Å². The topological polar surface area (TPSA) is 12.0 Å². The van der Waals surface area contributed by atoms with Crippen molar-refractivity contribution in [3.05, 3.63) is 64.4 Å². The minimum absolute atomic E-state index is 0.0699. The van der Waals surface area contributed by atoms with E-state index in [1.54, 1.807) is 12.1 Å². The van der Waals surface area contributed by atoms with Gasteiger partial charge in [-0.25, -0.2) is 4.39 Å². The highest BCUT2D eigenvalue weighted by Crippen LogP contribution is 2.45. The molecule has 1 aliphatic rings. The fraction of sp³-hybridized carbons (Fsp3) is 0.333. The molecule has 0 aromatic heterocycles. The Morgan fingerprint density at radius 2 is 1.95 bits per heavy atom. The highest BCUT2D eigenvalue weighted by atomic mass is 35.5. The summed E-state index contributed by atoms with van der Waals surface area (Å²) >= 11 is 5.83. The second-order valence-corrected chi connectivity index (χ2v) is 6.83. The number of halogens is 2. The third kappa shape index (κ3) is 2.77. The molecular formula is C18H19ClFN. The van der Waals surface area contributed by atoms with Crippen LogP contribution in [0.25, 0.3) is 0 Å². The summed E-state index contributed by atoms with van der Waals surface area (Å²) in [6.45, 7) is 4.46. The van der Waals surface area contributed by atoms with E-state index >= 15 is 0 Å². The number of rotatable bonds is 2. The minimum Gasteiger partial charge on any atom is -0.375 e. The second-order valence-electron chi connectivity index (χ2n) is 6.39. The Labute approximate surface area is 130 Å². The van der Waals surface area contributed by atoms with Gasteiger partial charge >= 0.3 is 0 Å². The number of nitrogens with one attached hydrogen (secondary N) is 1. The first-order chi connectivity index (χ1) is 9.97. The Morgan fingerprint density at radius 1 is 1.19 bits per heavy atom. The molecule has 0 heterocycles. The van der Waals surface area contributed by atoms with E-state index in [1.165, 1.54) is 17.2 Å². The molecule has 0 bridgehead atoms. The van der Waals surface area contributed by atoms with Crippen molar-refractivity contribution in [1.82, 2.24) is 0 Å². The van der Waals surface area contributed by atoms with E-state index in [2.05, 4.69) is 37.4 Å². The molecule has 110 valence electrons. The van der Waals surface area contributed by atoms with Crippen LogP contribution in [0.3, 0.4) is 0 Å². The van der Waals surface area contributed by atoms with Crippen molar-refractivity contribution in [2.24, 2.45) is 5.41 Å². The molecule has 3 rings (SSSR count). The van der Waals surface area contributed by atoms with Crippen LogP contribution in [0.5, 0.6) is 0 Å². The SMILES string of the molecule is CC1(C)CCc2ccccc2C1Nc1ccc(Cl)cc1F. The molecule has 1 nitrogen and oxygen atoms in total. The summed E-state index contributed by atoms with van der Waals surface area (Å²) in [7, 11) is 0. The molecule has 21 heavy (non-hydrogen) atoms. The fourth-order valence-electron chi connectivity index (χ4n) is 3.10. The number of hydrogen-bond acceptors (Lipinski definition) is 1. The quantitative estimate of drug-likeness (QED) is 0.761. The predicted octanol–water partition coefficient (Wildman–Crippen LogP) is 5.60. The summed E-state index contributed by atoms with van der Waals surface area (Å²) in [5.41, 5.74) is 3.20. The van der Waals surface area contributed by atoms with Crippen molar-refractivity contribution >= 4 is 17.3 Å². The largest absolute Gasteiger partial charge is 0.375 e. The summed E-state index contributed by atoms with van der Waals surface area (Å²) in [6, 6.07) is 13.3. The van der Waals surface area contributed by atoms with Gasteiger partial charge in [0.05, 0.1) is 11.7 Å². The predicted molar refractivity (Wildman–Crippen MR) is 86.3 cm³/mol. The molecule has 0 radical (unpaired) electrons. The van der Waals surface area contributed by atoms with Crippen LogP contribution in [-0.4, -0.2) is 0 Å². The van der Waals surface area contributed by atoms with Crippen molar-refractivity contribution < 1.29 is 4.39 Å². The lowest BCUT2D eigenvalue weighted by molar-refractivity contribution is 0.265. The van der Waals surface area contributed by atoms with Crippen LogP contribution in [0.1, 0.15) is 37.4 Å². The summed E-state index contributed by atoms with van der Waals surface area (Å²) in [6.07, 6.45) is 2.15. The maximum absolute atomic E-state index is 14.1. The Bertz CT molecular complexity index is 666. The van der Waals surface area contributed by atoms with Crippen molar-refractivity contribution in [3.8, 4) is 0 Å². The van der Waals surface area contributed by atoms with E-state index in [-0.39, 0.29) is 17.3 Å². The third-order valence-electron chi connectivity index (χ3n) is 4.42. The number of anilines is 1. The lowest BCUT2D eigenvalue weighted by atomic mass is 9.70. The van der Waals surface area contributed by atoms with Crippen LogP contribution in [0.4, 0.5) is 10.1 Å². The average Bonchev–Trinajstić information content (AvgIpc) is 2.44. The van der Waals surface area contributed by atoms with E-state index in [0.717, 1.165) is 12.8 Å². The first-order valence-electron chi connectivity index (χ1n) is 7.27. The van der Waals surface area contributed by atoms with Gasteiger partial charge in [-0.1, -0.05) is 49.7 Å². The zero-order valence-corrected chi connectivity index (χ0v) is 13.0. The van der Waals surface area contributed by atoms with E-state index in [1.807, 2.05) is 6.07 Å². The van der Waals surface area contributed by atoms with Crippen molar-refractivity contribution in [2.75, 3.05) is 5.32 Å². The average molecular weight is 304 g/mol. The molecule has 1 N–H and O–H groups in total. The summed E-state index contributed by atoms with van der Waals surface area (Å²) in [5, 5.41) is 3.81. The lowest BCUT2D eigenvalue weighted by Crippen LogP contribution is -2.33. The molecule has 1 aliphatic carbocycles. The number of fused-ring (bicyclic) bond motifs is 1. The Kier molecular flexibility index (Phi) is 3.66. The van der Waals surface area contributed by atoms with Gasteiger partial charge < -0.3 is 5.32 Å². The highest BCUT2D eigenvalue weighted by molar-refractivity contribution is 6.30. The maximum atomic E-state index is 14.1. The maximum Gasteiger partial charge on any atom is 0.147 e. The molecule has 0 aliphatic heterocycles. The molecule has 1 unspecified atom stereocenters. The van der Waals surface area contributed by atoms with Gasteiger partial charge in [0.2, 0.25) is 0 Å². The van der Waals surface area contributed by atoms with Gasteiger partial charge in [0.15, 0.2) is 0 Å². The first-order valence-corrected chi connectivity index (χ1v) is 7.64. The Morgan fingerprint density at radius 3 is 2.71 bits per heavy atom. The molecule has 2 aromatic carbocycles. The van der Waals surface area contributed by atoms with E-state index in [4.69, 9.17) is 11.6 Å². The zero-order valence-electron chi connectivity index (χ0n) is 12.3. The minimum atomic E-state index is -0.304. The molecule has 3 heteroatoms. The molecular weight excluding hydrogens is 285 g/mol. The fourth-order valence-corrected chi connectivity index (χ4v) is 3.26.